The molecule has 1 saturated heterocycles. The highest BCUT2D eigenvalue weighted by Gasteiger charge is 2.60. The maximum atomic E-state index is 7.15. The smallest absolute Gasteiger partial charge is 0.223 e. The highest BCUT2D eigenvalue weighted by Crippen LogP contribution is 2.46. The van der Waals surface area contributed by atoms with Gasteiger partial charge in [0, 0.05) is 23.3 Å². The molecule has 7 nitrogen and oxygen atoms in total. The molecule has 44 heavy (non-hydrogen) atoms. The molecule has 0 aromatic heterocycles. The van der Waals surface area contributed by atoms with Gasteiger partial charge < -0.3 is 31.9 Å². The Labute approximate surface area is 275 Å². The van der Waals surface area contributed by atoms with Gasteiger partial charge in [-0.25, -0.2) is 0 Å². The Morgan fingerprint density at radius 3 is 1.82 bits per heavy atom. The minimum atomic E-state index is -2.19. The zero-order chi connectivity index (χ0) is 33.1. The predicted octanol–water partition coefficient (Wildman–Crippen LogP) is 8.63. The summed E-state index contributed by atoms with van der Waals surface area (Å²) in [5.74, 6) is -0.550. The summed E-state index contributed by atoms with van der Waals surface area (Å²) in [6.45, 7) is 26.9. The molecule has 0 spiro atoms. The first kappa shape index (κ1) is 37.6. The summed E-state index contributed by atoms with van der Waals surface area (Å²) in [5, 5.41) is 0.600. The molecule has 1 heterocycles. The van der Waals surface area contributed by atoms with Crippen LogP contribution in [0.25, 0.3) is 0 Å². The van der Waals surface area contributed by atoms with Gasteiger partial charge in [-0.1, -0.05) is 35.9 Å². The van der Waals surface area contributed by atoms with Crippen molar-refractivity contribution in [2.45, 2.75) is 115 Å². The summed E-state index contributed by atoms with van der Waals surface area (Å²) in [7, 11) is -6.61. The Bertz CT molecular complexity index is 1210. The third kappa shape index (κ3) is 10.9. The first-order chi connectivity index (χ1) is 20.1. The second-order valence-electron chi connectivity index (χ2n) is 15.4. The van der Waals surface area contributed by atoms with Crippen LogP contribution in [0.3, 0.4) is 0 Å². The van der Waals surface area contributed by atoms with Crippen molar-refractivity contribution in [1.82, 2.24) is 0 Å². The quantitative estimate of drug-likeness (QED) is 0.183. The van der Waals surface area contributed by atoms with E-state index in [1.54, 1.807) is 7.11 Å². The fraction of sp³-hybridized carbons (Fsp3) is 0.625. The summed E-state index contributed by atoms with van der Waals surface area (Å²) >= 11 is 6.74. The molecule has 0 aliphatic carbocycles. The average molecular weight is 700 g/mol. The van der Waals surface area contributed by atoms with E-state index in [4.69, 9.17) is 43.5 Å². The minimum absolute atomic E-state index is 0.286. The first-order valence-electron chi connectivity index (χ1n) is 15.5. The number of halogens is 1. The topological polar surface area (TPSA) is 64.6 Å². The molecular formula is C32H55ClO7Si4. The maximum absolute atomic E-state index is 7.15. The Hall–Kier alpha value is -0.842. The third-order valence-electron chi connectivity index (χ3n) is 6.72. The number of para-hydroxylation sites is 1. The number of methoxy groups -OCH3 is 1. The van der Waals surface area contributed by atoms with Crippen LogP contribution < -0.4 is 4.74 Å². The number of rotatable bonds is 14. The van der Waals surface area contributed by atoms with E-state index in [1.807, 2.05) is 48.5 Å². The lowest BCUT2D eigenvalue weighted by molar-refractivity contribution is -0.357. The van der Waals surface area contributed by atoms with E-state index < -0.39 is 63.5 Å². The molecule has 0 bridgehead atoms. The maximum Gasteiger partial charge on any atom is 0.223 e. The molecule has 1 fully saturated rings. The van der Waals surface area contributed by atoms with Gasteiger partial charge >= 0.3 is 0 Å². The summed E-state index contributed by atoms with van der Waals surface area (Å²) in [6.07, 6.45) is -1.93. The lowest BCUT2D eigenvalue weighted by atomic mass is 9.87. The largest absolute Gasteiger partial charge is 0.489 e. The predicted molar refractivity (Wildman–Crippen MR) is 190 cm³/mol. The van der Waals surface area contributed by atoms with E-state index in [2.05, 4.69) is 78.6 Å². The standard InChI is InChI=1S/C32H55ClO7Si4/c1-34-32(25-19-20-27(33)24(21-25)22-35-26-17-15-14-16-18-26)31(40-44(11,12)13)30(39-43(8,9)10)29(38-42(5,6)7)28(37-32)23-36-41(2,3)4/h14-21,28-31H,22-23H2,1-13H3/t28-,29-,30+,31-,32+/m1/s1. The summed E-state index contributed by atoms with van der Waals surface area (Å²) in [5.41, 5.74) is 1.60. The van der Waals surface area contributed by atoms with Crippen LogP contribution in [-0.2, 0) is 39.6 Å². The Morgan fingerprint density at radius 2 is 1.30 bits per heavy atom. The van der Waals surface area contributed by atoms with Crippen LogP contribution in [0.4, 0.5) is 0 Å². The van der Waals surface area contributed by atoms with Gasteiger partial charge in [0.05, 0.1) is 6.61 Å². The second-order valence-corrected chi connectivity index (χ2v) is 33.7. The van der Waals surface area contributed by atoms with E-state index >= 15 is 0 Å². The van der Waals surface area contributed by atoms with E-state index in [0.29, 0.717) is 11.6 Å². The second kappa shape index (κ2) is 14.5. The fourth-order valence-corrected chi connectivity index (χ4v) is 9.19. The normalized spacial score (nSPS) is 25.2. The number of ether oxygens (including phenoxy) is 3. The highest BCUT2D eigenvalue weighted by atomic mass is 35.5. The molecule has 0 unspecified atom stereocenters. The van der Waals surface area contributed by atoms with Crippen LogP contribution in [-0.4, -0.2) is 71.4 Å². The van der Waals surface area contributed by atoms with Gasteiger partial charge in [0.15, 0.2) is 33.3 Å². The molecule has 248 valence electrons. The van der Waals surface area contributed by atoms with Crippen molar-refractivity contribution in [3.63, 3.8) is 0 Å². The lowest BCUT2D eigenvalue weighted by Gasteiger charge is -2.55. The Balaban J connectivity index is 2.21. The van der Waals surface area contributed by atoms with Crippen molar-refractivity contribution < 1.29 is 31.9 Å². The van der Waals surface area contributed by atoms with Crippen LogP contribution in [0.1, 0.15) is 11.1 Å². The number of benzene rings is 2. The molecule has 2 aromatic carbocycles. The van der Waals surface area contributed by atoms with Gasteiger partial charge in [-0.05, 0) is 103 Å². The van der Waals surface area contributed by atoms with Crippen molar-refractivity contribution in [2.75, 3.05) is 13.7 Å². The third-order valence-corrected chi connectivity index (χ3v) is 11.0. The average Bonchev–Trinajstić information content (AvgIpc) is 2.88. The first-order valence-corrected chi connectivity index (χ1v) is 29.5. The molecule has 12 heteroatoms. The van der Waals surface area contributed by atoms with E-state index in [0.717, 1.165) is 16.9 Å². The van der Waals surface area contributed by atoms with Gasteiger partial charge in [-0.3, -0.25) is 0 Å². The Kier molecular flexibility index (Phi) is 12.4. The van der Waals surface area contributed by atoms with Crippen LogP contribution in [0, 0.1) is 0 Å². The molecule has 1 aliphatic heterocycles. The fourth-order valence-electron chi connectivity index (χ4n) is 5.13. The van der Waals surface area contributed by atoms with Crippen LogP contribution in [0.15, 0.2) is 48.5 Å². The van der Waals surface area contributed by atoms with Gasteiger partial charge in [-0.2, -0.15) is 0 Å². The summed E-state index contributed by atoms with van der Waals surface area (Å²) < 4.78 is 47.3. The van der Waals surface area contributed by atoms with Crippen LogP contribution >= 0.6 is 11.6 Å². The summed E-state index contributed by atoms with van der Waals surface area (Å²) in [6, 6.07) is 15.6. The summed E-state index contributed by atoms with van der Waals surface area (Å²) in [4.78, 5) is 0. The van der Waals surface area contributed by atoms with Crippen molar-refractivity contribution in [1.29, 1.82) is 0 Å². The van der Waals surface area contributed by atoms with E-state index in [1.165, 1.54) is 0 Å². The molecule has 5 atom stereocenters. The van der Waals surface area contributed by atoms with Crippen molar-refractivity contribution in [2.24, 2.45) is 0 Å². The zero-order valence-corrected chi connectivity index (χ0v) is 33.8. The molecule has 3 rings (SSSR count). The van der Waals surface area contributed by atoms with Crippen molar-refractivity contribution in [3.8, 4) is 5.75 Å². The van der Waals surface area contributed by atoms with Crippen LogP contribution in [0.2, 0.25) is 83.6 Å². The van der Waals surface area contributed by atoms with Gasteiger partial charge in [0.1, 0.15) is 36.8 Å². The van der Waals surface area contributed by atoms with E-state index in [9.17, 15) is 0 Å². The van der Waals surface area contributed by atoms with Gasteiger partial charge in [0.25, 0.3) is 0 Å². The SMILES string of the molecule is CO[C@@]1(c2ccc(Cl)c(COc3ccccc3)c2)O[C@H](CO[Si](C)(C)C)[C@@H](O[Si](C)(C)C)[C@H](O[Si](C)(C)C)[C@H]1O[Si](C)(C)C. The molecule has 2 aromatic rings. The molecule has 1 aliphatic rings. The molecule has 0 amide bonds. The molecule has 0 radical (unpaired) electrons. The number of hydrogen-bond acceptors (Lipinski definition) is 7. The van der Waals surface area contributed by atoms with Crippen molar-refractivity contribution in [3.05, 3.63) is 64.7 Å². The molecular weight excluding hydrogens is 644 g/mol. The highest BCUT2D eigenvalue weighted by molar-refractivity contribution is 6.71. The van der Waals surface area contributed by atoms with Crippen LogP contribution in [0.5, 0.6) is 5.75 Å². The van der Waals surface area contributed by atoms with E-state index in [-0.39, 0.29) is 6.61 Å². The lowest BCUT2D eigenvalue weighted by Crippen LogP contribution is -2.70. The molecule has 0 N–H and O–H groups in total. The van der Waals surface area contributed by atoms with Gasteiger partial charge in [-0.15, -0.1) is 0 Å². The van der Waals surface area contributed by atoms with Gasteiger partial charge in [0.2, 0.25) is 5.79 Å². The number of hydrogen-bond donors (Lipinski definition) is 0. The zero-order valence-electron chi connectivity index (χ0n) is 29.1. The monoisotopic (exact) mass is 698 g/mol. The molecule has 0 saturated carbocycles. The van der Waals surface area contributed by atoms with Crippen molar-refractivity contribution >= 4 is 44.9 Å². The minimum Gasteiger partial charge on any atom is -0.489 e. The Morgan fingerprint density at radius 1 is 0.727 bits per heavy atom.